The molecule has 1 aliphatic rings. The Hall–Kier alpha value is -1.50. The largest absolute Gasteiger partial charge is 0.483 e. The fourth-order valence-electron chi connectivity index (χ4n) is 2.18. The highest BCUT2D eigenvalue weighted by Gasteiger charge is 2.26. The highest BCUT2D eigenvalue weighted by atomic mass is 32.1. The Bertz CT molecular complexity index is 558. The summed E-state index contributed by atoms with van der Waals surface area (Å²) in [6.45, 7) is 2.29. The summed E-state index contributed by atoms with van der Waals surface area (Å²) < 4.78 is 5.66. The van der Waals surface area contributed by atoms with Crippen molar-refractivity contribution in [2.45, 2.75) is 19.4 Å². The van der Waals surface area contributed by atoms with Crippen molar-refractivity contribution < 1.29 is 9.84 Å². The smallest absolute Gasteiger partial charge is 0.190 e. The van der Waals surface area contributed by atoms with Gasteiger partial charge in [0.1, 0.15) is 0 Å². The number of hydrogen-bond donors (Lipinski definition) is 3. The fourth-order valence-corrected chi connectivity index (χ4v) is 2.86. The van der Waals surface area contributed by atoms with Gasteiger partial charge in [0.15, 0.2) is 10.2 Å². The molecular formula is C15H18N2O2S2. The molecule has 6 heteroatoms. The van der Waals surface area contributed by atoms with Gasteiger partial charge in [0, 0.05) is 17.7 Å². The molecule has 1 atom stereocenters. The lowest BCUT2D eigenvalue weighted by Crippen LogP contribution is -2.51. The van der Waals surface area contributed by atoms with Crippen molar-refractivity contribution in [3.8, 4) is 0 Å². The van der Waals surface area contributed by atoms with Gasteiger partial charge in [-0.1, -0.05) is 30.3 Å². The van der Waals surface area contributed by atoms with Crippen LogP contribution in [0.3, 0.4) is 0 Å². The molecule has 112 valence electrons. The Morgan fingerprint density at radius 2 is 2.05 bits per heavy atom. The van der Waals surface area contributed by atoms with Gasteiger partial charge in [-0.25, -0.2) is 0 Å². The zero-order valence-electron chi connectivity index (χ0n) is 11.8. The predicted molar refractivity (Wildman–Crippen MR) is 91.1 cm³/mol. The van der Waals surface area contributed by atoms with Crippen LogP contribution in [0.5, 0.6) is 0 Å². The summed E-state index contributed by atoms with van der Waals surface area (Å²) in [5.41, 5.74) is 2.78. The van der Waals surface area contributed by atoms with Crippen LogP contribution in [0.4, 0.5) is 0 Å². The maximum absolute atomic E-state index is 9.45. The van der Waals surface area contributed by atoms with Gasteiger partial charge in [-0.05, 0) is 36.9 Å². The van der Waals surface area contributed by atoms with E-state index >= 15 is 0 Å². The molecule has 0 aromatic heterocycles. The monoisotopic (exact) mass is 322 g/mol. The lowest BCUT2D eigenvalue weighted by Gasteiger charge is -2.29. The number of allylic oxidation sites excluding steroid dienone is 1. The number of rotatable bonds is 5. The van der Waals surface area contributed by atoms with E-state index < -0.39 is 0 Å². The maximum Gasteiger partial charge on any atom is 0.190 e. The van der Waals surface area contributed by atoms with Crippen molar-refractivity contribution >= 4 is 34.6 Å². The summed E-state index contributed by atoms with van der Waals surface area (Å²) in [7, 11) is 0. The number of hydrogen-bond acceptors (Lipinski definition) is 4. The van der Waals surface area contributed by atoms with Crippen molar-refractivity contribution in [2.75, 3.05) is 13.2 Å². The molecule has 2 rings (SSSR count). The van der Waals surface area contributed by atoms with Crippen LogP contribution in [0.1, 0.15) is 12.5 Å². The van der Waals surface area contributed by atoms with Gasteiger partial charge in [-0.3, -0.25) is 0 Å². The Balaban J connectivity index is 1.95. The van der Waals surface area contributed by atoms with E-state index in [1.54, 1.807) is 0 Å². The zero-order valence-corrected chi connectivity index (χ0v) is 13.4. The summed E-state index contributed by atoms with van der Waals surface area (Å²) in [6, 6.07) is 9.77. The Kier molecular flexibility index (Phi) is 5.67. The molecule has 1 aliphatic heterocycles. The SMILES string of the molecule is CC1=C(C(=S)OCCc2ccccc2)C(CO)NC(=S)N1. The number of aliphatic hydroxyl groups is 1. The summed E-state index contributed by atoms with van der Waals surface area (Å²) in [5.74, 6) is 0. The van der Waals surface area contributed by atoms with Crippen molar-refractivity contribution in [3.63, 3.8) is 0 Å². The first-order valence-corrected chi connectivity index (χ1v) is 7.53. The Morgan fingerprint density at radius 1 is 1.33 bits per heavy atom. The highest BCUT2D eigenvalue weighted by molar-refractivity contribution is 7.80. The second-order valence-corrected chi connectivity index (χ2v) is 5.52. The molecule has 1 unspecified atom stereocenters. The molecule has 0 saturated carbocycles. The number of ether oxygens (including phenoxy) is 1. The topological polar surface area (TPSA) is 53.5 Å². The molecule has 0 fully saturated rings. The van der Waals surface area contributed by atoms with Gasteiger partial charge in [-0.2, -0.15) is 0 Å². The van der Waals surface area contributed by atoms with Gasteiger partial charge >= 0.3 is 0 Å². The molecule has 0 radical (unpaired) electrons. The molecule has 21 heavy (non-hydrogen) atoms. The summed E-state index contributed by atoms with van der Waals surface area (Å²) in [4.78, 5) is 0. The van der Waals surface area contributed by atoms with Crippen LogP contribution in [-0.4, -0.2) is 34.5 Å². The van der Waals surface area contributed by atoms with Gasteiger partial charge in [0.25, 0.3) is 0 Å². The molecule has 1 aromatic carbocycles. The van der Waals surface area contributed by atoms with Crippen LogP contribution in [0.15, 0.2) is 41.6 Å². The minimum atomic E-state index is -0.317. The lowest BCUT2D eigenvalue weighted by atomic mass is 10.0. The van der Waals surface area contributed by atoms with Gasteiger partial charge in [0.2, 0.25) is 0 Å². The van der Waals surface area contributed by atoms with Crippen molar-refractivity contribution in [2.24, 2.45) is 0 Å². The van der Waals surface area contributed by atoms with E-state index in [1.807, 2.05) is 25.1 Å². The average molecular weight is 322 g/mol. The average Bonchev–Trinajstić information content (AvgIpc) is 2.47. The molecule has 0 saturated heterocycles. The van der Waals surface area contributed by atoms with Gasteiger partial charge in [0.05, 0.1) is 19.3 Å². The molecule has 0 spiro atoms. The second-order valence-electron chi connectivity index (χ2n) is 4.74. The van der Waals surface area contributed by atoms with Crippen molar-refractivity contribution in [1.29, 1.82) is 0 Å². The van der Waals surface area contributed by atoms with Crippen LogP contribution in [0.25, 0.3) is 0 Å². The van der Waals surface area contributed by atoms with Crippen LogP contribution in [0, 0.1) is 0 Å². The minimum absolute atomic E-state index is 0.0866. The van der Waals surface area contributed by atoms with E-state index in [9.17, 15) is 5.11 Å². The van der Waals surface area contributed by atoms with Crippen LogP contribution >= 0.6 is 24.4 Å². The van der Waals surface area contributed by atoms with Gasteiger partial charge in [-0.15, -0.1) is 0 Å². The van der Waals surface area contributed by atoms with Crippen LogP contribution in [0.2, 0.25) is 0 Å². The first-order valence-electron chi connectivity index (χ1n) is 6.72. The minimum Gasteiger partial charge on any atom is -0.483 e. The van der Waals surface area contributed by atoms with E-state index in [1.165, 1.54) is 5.56 Å². The second kappa shape index (κ2) is 7.49. The zero-order chi connectivity index (χ0) is 15.2. The maximum atomic E-state index is 9.45. The fraction of sp³-hybridized carbons (Fsp3) is 0.333. The summed E-state index contributed by atoms with van der Waals surface area (Å²) in [6.07, 6.45) is 0.788. The normalized spacial score (nSPS) is 18.0. The van der Waals surface area contributed by atoms with Crippen molar-refractivity contribution in [1.82, 2.24) is 10.6 Å². The molecule has 4 nitrogen and oxygen atoms in total. The first kappa shape index (κ1) is 15.9. The summed E-state index contributed by atoms with van der Waals surface area (Å²) >= 11 is 10.4. The standard InChI is InChI=1S/C15H18N2O2S2/c1-10-13(12(9-18)17-15(21)16-10)14(20)19-8-7-11-5-3-2-4-6-11/h2-6,12,18H,7-9H2,1H3,(H2,16,17,21). The van der Waals surface area contributed by atoms with E-state index in [0.29, 0.717) is 16.8 Å². The van der Waals surface area contributed by atoms with Crippen LogP contribution < -0.4 is 10.6 Å². The van der Waals surface area contributed by atoms with Crippen molar-refractivity contribution in [3.05, 3.63) is 47.2 Å². The predicted octanol–water partition coefficient (Wildman–Crippen LogP) is 1.69. The van der Waals surface area contributed by atoms with E-state index in [-0.39, 0.29) is 12.6 Å². The van der Waals surface area contributed by atoms with E-state index in [0.717, 1.165) is 17.7 Å². The number of aliphatic hydroxyl groups excluding tert-OH is 1. The molecule has 1 aromatic rings. The Labute approximate surface area is 135 Å². The molecule has 1 heterocycles. The Morgan fingerprint density at radius 3 is 2.71 bits per heavy atom. The summed E-state index contributed by atoms with van der Waals surface area (Å²) in [5, 5.41) is 16.3. The third kappa shape index (κ3) is 4.23. The van der Waals surface area contributed by atoms with E-state index in [4.69, 9.17) is 29.2 Å². The highest BCUT2D eigenvalue weighted by Crippen LogP contribution is 2.15. The third-order valence-electron chi connectivity index (χ3n) is 3.23. The van der Waals surface area contributed by atoms with Gasteiger partial charge < -0.3 is 20.5 Å². The quantitative estimate of drug-likeness (QED) is 0.717. The molecular weight excluding hydrogens is 304 g/mol. The number of thiocarbonyl (C=S) groups is 2. The molecule has 3 N–H and O–H groups in total. The van der Waals surface area contributed by atoms with E-state index in [2.05, 4.69) is 22.8 Å². The number of nitrogens with one attached hydrogen (secondary N) is 2. The lowest BCUT2D eigenvalue weighted by molar-refractivity contribution is 0.264. The number of benzene rings is 1. The van der Waals surface area contributed by atoms with Crippen LogP contribution in [-0.2, 0) is 11.2 Å². The third-order valence-corrected chi connectivity index (χ3v) is 3.79. The first-order chi connectivity index (χ1) is 10.1. The molecule has 0 aliphatic carbocycles. The molecule has 0 bridgehead atoms. The molecule has 0 amide bonds.